The van der Waals surface area contributed by atoms with Gasteiger partial charge in [0.05, 0.1) is 13.2 Å². The summed E-state index contributed by atoms with van der Waals surface area (Å²) in [5.41, 5.74) is 1.69. The van der Waals surface area contributed by atoms with E-state index in [2.05, 4.69) is 17.6 Å². The lowest BCUT2D eigenvalue weighted by molar-refractivity contribution is -0.114. The van der Waals surface area contributed by atoms with Crippen LogP contribution >= 0.6 is 0 Å². The van der Waals surface area contributed by atoms with Gasteiger partial charge in [-0.15, -0.1) is 0 Å². The number of amides is 1. The van der Waals surface area contributed by atoms with Crippen LogP contribution in [0.15, 0.2) is 66.7 Å². The van der Waals surface area contributed by atoms with Crippen LogP contribution in [0.1, 0.15) is 19.8 Å². The maximum atomic E-state index is 12.3. The zero-order chi connectivity index (χ0) is 18.2. The summed E-state index contributed by atoms with van der Waals surface area (Å²) in [6, 6.07) is 21.6. The molecule has 0 radical (unpaired) electrons. The van der Waals surface area contributed by atoms with Gasteiger partial charge < -0.3 is 15.4 Å². The van der Waals surface area contributed by atoms with E-state index in [1.807, 2.05) is 66.7 Å². The lowest BCUT2D eigenvalue weighted by Gasteiger charge is -2.11. The zero-order valence-electron chi connectivity index (χ0n) is 15.0. The Morgan fingerprint density at radius 3 is 2.69 bits per heavy atom. The Balaban J connectivity index is 1.58. The van der Waals surface area contributed by atoms with Gasteiger partial charge in [-0.3, -0.25) is 4.79 Å². The summed E-state index contributed by atoms with van der Waals surface area (Å²) in [5, 5.41) is 8.27. The Labute approximate surface area is 154 Å². The van der Waals surface area contributed by atoms with Crippen LogP contribution in [-0.4, -0.2) is 19.1 Å². The van der Waals surface area contributed by atoms with E-state index in [9.17, 15) is 4.79 Å². The second kappa shape index (κ2) is 8.90. The Bertz CT molecular complexity index is 871. The Morgan fingerprint density at radius 1 is 1.00 bits per heavy atom. The predicted molar refractivity (Wildman–Crippen MR) is 108 cm³/mol. The van der Waals surface area contributed by atoms with E-state index in [1.165, 1.54) is 0 Å². The minimum Gasteiger partial charge on any atom is -0.494 e. The third-order valence-corrected chi connectivity index (χ3v) is 4.12. The number of unbranched alkanes of at least 4 members (excludes halogenated alkanes) is 1. The zero-order valence-corrected chi connectivity index (χ0v) is 15.0. The Kier molecular flexibility index (Phi) is 6.09. The molecule has 0 heterocycles. The van der Waals surface area contributed by atoms with Crippen molar-refractivity contribution in [2.45, 2.75) is 19.8 Å². The molecule has 0 saturated heterocycles. The SMILES string of the molecule is CCCCOc1cccc(NCC(=O)Nc2cccc3ccccc23)c1. The second-order valence-corrected chi connectivity index (χ2v) is 6.16. The normalized spacial score (nSPS) is 10.5. The first kappa shape index (κ1) is 17.8. The van der Waals surface area contributed by atoms with Gasteiger partial charge in [0, 0.05) is 22.8 Å². The molecule has 2 N–H and O–H groups in total. The molecule has 3 rings (SSSR count). The lowest BCUT2D eigenvalue weighted by Crippen LogP contribution is -2.21. The van der Waals surface area contributed by atoms with Crippen LogP contribution in [-0.2, 0) is 4.79 Å². The molecule has 0 unspecified atom stereocenters. The Morgan fingerprint density at radius 2 is 1.81 bits per heavy atom. The maximum Gasteiger partial charge on any atom is 0.243 e. The highest BCUT2D eigenvalue weighted by Crippen LogP contribution is 2.23. The van der Waals surface area contributed by atoms with Gasteiger partial charge in [0.1, 0.15) is 5.75 Å². The average Bonchev–Trinajstić information content (AvgIpc) is 2.67. The van der Waals surface area contributed by atoms with Gasteiger partial charge in [0.25, 0.3) is 0 Å². The van der Waals surface area contributed by atoms with Crippen molar-refractivity contribution in [3.63, 3.8) is 0 Å². The summed E-state index contributed by atoms with van der Waals surface area (Å²) in [5.74, 6) is 0.733. The summed E-state index contributed by atoms with van der Waals surface area (Å²) in [4.78, 5) is 12.3. The molecule has 4 heteroatoms. The van der Waals surface area contributed by atoms with Gasteiger partial charge in [0.2, 0.25) is 5.91 Å². The Hall–Kier alpha value is -3.01. The standard InChI is InChI=1S/C22H24N2O2/c1-2-3-14-26-19-11-7-10-18(15-19)23-16-22(25)24-21-13-6-9-17-8-4-5-12-20(17)21/h4-13,15,23H,2-3,14,16H2,1H3,(H,24,25). The van der Waals surface area contributed by atoms with Crippen LogP contribution in [0.4, 0.5) is 11.4 Å². The van der Waals surface area contributed by atoms with Crippen LogP contribution < -0.4 is 15.4 Å². The first-order valence-electron chi connectivity index (χ1n) is 9.00. The number of carbonyl (C=O) groups is 1. The number of rotatable bonds is 8. The van der Waals surface area contributed by atoms with E-state index in [1.54, 1.807) is 0 Å². The molecule has 1 amide bonds. The number of benzene rings is 3. The molecule has 0 fully saturated rings. The molecule has 0 aromatic heterocycles. The monoisotopic (exact) mass is 348 g/mol. The van der Waals surface area contributed by atoms with Crippen LogP contribution in [0.25, 0.3) is 10.8 Å². The topological polar surface area (TPSA) is 50.4 Å². The largest absolute Gasteiger partial charge is 0.494 e. The highest BCUT2D eigenvalue weighted by atomic mass is 16.5. The molecule has 0 aliphatic rings. The molecule has 26 heavy (non-hydrogen) atoms. The fourth-order valence-corrected chi connectivity index (χ4v) is 2.74. The molecule has 0 spiro atoms. The molecule has 4 nitrogen and oxygen atoms in total. The highest BCUT2D eigenvalue weighted by molar-refractivity contribution is 6.03. The highest BCUT2D eigenvalue weighted by Gasteiger charge is 2.06. The lowest BCUT2D eigenvalue weighted by atomic mass is 10.1. The summed E-state index contributed by atoms with van der Waals surface area (Å²) in [6.07, 6.45) is 2.14. The number of carbonyl (C=O) groups excluding carboxylic acids is 1. The second-order valence-electron chi connectivity index (χ2n) is 6.16. The smallest absolute Gasteiger partial charge is 0.243 e. The summed E-state index contributed by atoms with van der Waals surface area (Å²) < 4.78 is 5.70. The summed E-state index contributed by atoms with van der Waals surface area (Å²) in [7, 11) is 0. The molecular weight excluding hydrogens is 324 g/mol. The summed E-state index contributed by atoms with van der Waals surface area (Å²) in [6.45, 7) is 3.04. The predicted octanol–water partition coefficient (Wildman–Crippen LogP) is 5.07. The van der Waals surface area contributed by atoms with Gasteiger partial charge in [-0.1, -0.05) is 55.8 Å². The minimum absolute atomic E-state index is 0.0846. The molecule has 0 saturated carbocycles. The summed E-state index contributed by atoms with van der Waals surface area (Å²) >= 11 is 0. The van der Waals surface area contributed by atoms with Crippen molar-refractivity contribution in [3.8, 4) is 5.75 Å². The molecule has 0 bridgehead atoms. The molecule has 0 aliphatic heterocycles. The molecular formula is C22H24N2O2. The van der Waals surface area contributed by atoms with E-state index < -0.39 is 0 Å². The molecule has 0 aliphatic carbocycles. The van der Waals surface area contributed by atoms with Crippen molar-refractivity contribution in [2.75, 3.05) is 23.8 Å². The third-order valence-electron chi connectivity index (χ3n) is 4.12. The molecule has 134 valence electrons. The maximum absolute atomic E-state index is 12.3. The first-order valence-corrected chi connectivity index (χ1v) is 9.00. The van der Waals surface area contributed by atoms with Crippen LogP contribution in [0.3, 0.4) is 0 Å². The van der Waals surface area contributed by atoms with E-state index in [4.69, 9.17) is 4.74 Å². The van der Waals surface area contributed by atoms with E-state index in [0.29, 0.717) is 6.61 Å². The first-order chi connectivity index (χ1) is 12.8. The molecule has 0 atom stereocenters. The number of ether oxygens (including phenoxy) is 1. The van der Waals surface area contributed by atoms with Crippen LogP contribution in [0.2, 0.25) is 0 Å². The van der Waals surface area contributed by atoms with Crippen molar-refractivity contribution < 1.29 is 9.53 Å². The van der Waals surface area contributed by atoms with E-state index in [-0.39, 0.29) is 12.5 Å². The number of anilines is 2. The van der Waals surface area contributed by atoms with Gasteiger partial charge in [-0.2, -0.15) is 0 Å². The van der Waals surface area contributed by atoms with Crippen molar-refractivity contribution in [2.24, 2.45) is 0 Å². The molecule has 3 aromatic rings. The molecule has 3 aromatic carbocycles. The van der Waals surface area contributed by atoms with Crippen molar-refractivity contribution in [1.82, 2.24) is 0 Å². The van der Waals surface area contributed by atoms with Gasteiger partial charge >= 0.3 is 0 Å². The van der Waals surface area contributed by atoms with Gasteiger partial charge in [-0.25, -0.2) is 0 Å². The van der Waals surface area contributed by atoms with Crippen molar-refractivity contribution in [1.29, 1.82) is 0 Å². The quantitative estimate of drug-likeness (QED) is 0.559. The van der Waals surface area contributed by atoms with Crippen LogP contribution in [0, 0.1) is 0 Å². The number of hydrogen-bond donors (Lipinski definition) is 2. The average molecular weight is 348 g/mol. The van der Waals surface area contributed by atoms with Crippen molar-refractivity contribution in [3.05, 3.63) is 66.7 Å². The van der Waals surface area contributed by atoms with Gasteiger partial charge in [-0.05, 0) is 30.0 Å². The number of fused-ring (bicyclic) bond motifs is 1. The van der Waals surface area contributed by atoms with Crippen LogP contribution in [0.5, 0.6) is 5.75 Å². The number of nitrogens with one attached hydrogen (secondary N) is 2. The third kappa shape index (κ3) is 4.76. The van der Waals surface area contributed by atoms with E-state index in [0.717, 1.165) is 40.7 Å². The fraction of sp³-hybridized carbons (Fsp3) is 0.227. The van der Waals surface area contributed by atoms with E-state index >= 15 is 0 Å². The minimum atomic E-state index is -0.0846. The van der Waals surface area contributed by atoms with Gasteiger partial charge in [0.15, 0.2) is 0 Å². The fourth-order valence-electron chi connectivity index (χ4n) is 2.74. The number of hydrogen-bond acceptors (Lipinski definition) is 3. The van der Waals surface area contributed by atoms with Crippen molar-refractivity contribution >= 4 is 28.1 Å².